The van der Waals surface area contributed by atoms with Crippen LogP contribution in [0.5, 0.6) is 5.75 Å². The first-order valence-electron chi connectivity index (χ1n) is 10.5. The third-order valence-electron chi connectivity index (χ3n) is 6.27. The summed E-state index contributed by atoms with van der Waals surface area (Å²) in [5.41, 5.74) is 0.608. The molecule has 0 aliphatic carbocycles. The standard InChI is InChI=1S/C25H24F2N2O4/c1-12(2)22-25(3,4)20-15-10-14(30)6-8-19(15)28-21(20)16(24(32)33)11-29(22)23(31)13-5-7-17(26)18(27)9-13/h5-12,22,28,30H,1-4H3,(H,32,33). The molecule has 8 heteroatoms. The Bertz CT molecular complexity index is 1320. The highest BCUT2D eigenvalue weighted by atomic mass is 19.2. The van der Waals surface area contributed by atoms with E-state index in [1.165, 1.54) is 23.2 Å². The molecule has 0 saturated carbocycles. The Morgan fingerprint density at radius 3 is 2.39 bits per heavy atom. The Labute approximate surface area is 189 Å². The van der Waals surface area contributed by atoms with E-state index in [4.69, 9.17) is 0 Å². The SMILES string of the molecule is CC(C)C1N(C(=O)c2ccc(F)c(F)c2)C=C(C(=O)O)c2[nH]c3ccc(O)cc3c2C1(C)C. The molecule has 172 valence electrons. The molecule has 2 heterocycles. The molecule has 1 aromatic heterocycles. The van der Waals surface area contributed by atoms with E-state index in [1.54, 1.807) is 12.1 Å². The minimum atomic E-state index is -1.25. The number of aromatic nitrogens is 1. The van der Waals surface area contributed by atoms with Crippen LogP contribution in [-0.4, -0.2) is 38.0 Å². The van der Waals surface area contributed by atoms with Gasteiger partial charge in [-0.1, -0.05) is 27.7 Å². The third-order valence-corrected chi connectivity index (χ3v) is 6.27. The van der Waals surface area contributed by atoms with Gasteiger partial charge in [-0.2, -0.15) is 0 Å². The van der Waals surface area contributed by atoms with Crippen molar-refractivity contribution in [2.45, 2.75) is 39.2 Å². The van der Waals surface area contributed by atoms with Gasteiger partial charge in [-0.15, -0.1) is 0 Å². The molecule has 1 atom stereocenters. The zero-order valence-corrected chi connectivity index (χ0v) is 18.6. The van der Waals surface area contributed by atoms with Gasteiger partial charge < -0.3 is 20.1 Å². The van der Waals surface area contributed by atoms with Gasteiger partial charge in [0.15, 0.2) is 11.6 Å². The smallest absolute Gasteiger partial charge is 0.339 e. The summed E-state index contributed by atoms with van der Waals surface area (Å²) in [5.74, 6) is -4.25. The lowest BCUT2D eigenvalue weighted by Crippen LogP contribution is -2.50. The number of aliphatic carboxylic acids is 1. The predicted molar refractivity (Wildman–Crippen MR) is 120 cm³/mol. The molecule has 2 aromatic carbocycles. The number of benzene rings is 2. The lowest BCUT2D eigenvalue weighted by atomic mass is 9.71. The highest BCUT2D eigenvalue weighted by molar-refractivity contribution is 6.17. The van der Waals surface area contributed by atoms with E-state index >= 15 is 0 Å². The summed E-state index contributed by atoms with van der Waals surface area (Å²) in [7, 11) is 0. The number of phenolic OH excluding ortho intramolecular Hbond substituents is 1. The summed E-state index contributed by atoms with van der Waals surface area (Å²) >= 11 is 0. The number of aromatic hydroxyl groups is 1. The van der Waals surface area contributed by atoms with E-state index in [0.717, 1.165) is 12.1 Å². The Morgan fingerprint density at radius 1 is 1.09 bits per heavy atom. The van der Waals surface area contributed by atoms with Crippen LogP contribution in [0.1, 0.15) is 49.3 Å². The minimum absolute atomic E-state index is 0.0287. The first-order chi connectivity index (χ1) is 15.4. The number of carboxylic acid groups (broad SMARTS) is 1. The van der Waals surface area contributed by atoms with Crippen LogP contribution in [0.4, 0.5) is 8.78 Å². The molecule has 33 heavy (non-hydrogen) atoms. The summed E-state index contributed by atoms with van der Waals surface area (Å²) in [6.07, 6.45) is 1.26. The molecular weight excluding hydrogens is 430 g/mol. The van der Waals surface area contributed by atoms with Gasteiger partial charge in [-0.25, -0.2) is 13.6 Å². The van der Waals surface area contributed by atoms with E-state index < -0.39 is 35.0 Å². The van der Waals surface area contributed by atoms with E-state index in [9.17, 15) is 28.6 Å². The van der Waals surface area contributed by atoms with E-state index in [-0.39, 0.29) is 22.8 Å². The maximum Gasteiger partial charge on any atom is 0.339 e. The third kappa shape index (κ3) is 3.55. The van der Waals surface area contributed by atoms with Crippen molar-refractivity contribution in [1.29, 1.82) is 0 Å². The zero-order chi connectivity index (χ0) is 24.2. The lowest BCUT2D eigenvalue weighted by Gasteiger charge is -2.42. The molecule has 3 N–H and O–H groups in total. The average Bonchev–Trinajstić information content (AvgIpc) is 3.05. The number of amides is 1. The van der Waals surface area contributed by atoms with Gasteiger partial charge in [-0.3, -0.25) is 4.79 Å². The number of rotatable bonds is 3. The van der Waals surface area contributed by atoms with Gasteiger partial charge >= 0.3 is 5.97 Å². The monoisotopic (exact) mass is 454 g/mol. The Kier molecular flexibility index (Phi) is 5.27. The number of nitrogens with zero attached hydrogens (tertiary/aromatic N) is 1. The van der Waals surface area contributed by atoms with Crippen molar-refractivity contribution in [3.63, 3.8) is 0 Å². The summed E-state index contributed by atoms with van der Waals surface area (Å²) in [4.78, 5) is 30.3. The van der Waals surface area contributed by atoms with Crippen molar-refractivity contribution < 1.29 is 28.6 Å². The maximum atomic E-state index is 13.9. The summed E-state index contributed by atoms with van der Waals surface area (Å²) in [6.45, 7) is 7.61. The van der Waals surface area contributed by atoms with Crippen molar-refractivity contribution in [1.82, 2.24) is 9.88 Å². The zero-order valence-electron chi connectivity index (χ0n) is 18.6. The van der Waals surface area contributed by atoms with Crippen LogP contribution < -0.4 is 0 Å². The lowest BCUT2D eigenvalue weighted by molar-refractivity contribution is -0.130. The Morgan fingerprint density at radius 2 is 1.79 bits per heavy atom. The van der Waals surface area contributed by atoms with Gasteiger partial charge in [-0.05, 0) is 47.9 Å². The molecule has 6 nitrogen and oxygen atoms in total. The largest absolute Gasteiger partial charge is 0.508 e. The fourth-order valence-corrected chi connectivity index (χ4v) is 5.11. The molecule has 3 aromatic rings. The number of hydrogen-bond donors (Lipinski definition) is 3. The van der Waals surface area contributed by atoms with Crippen LogP contribution in [0.2, 0.25) is 0 Å². The highest BCUT2D eigenvalue weighted by Crippen LogP contribution is 2.46. The second kappa shape index (κ2) is 7.72. The fraction of sp³-hybridized carbons (Fsp3) is 0.280. The molecule has 4 rings (SSSR count). The summed E-state index contributed by atoms with van der Waals surface area (Å²) in [5, 5.41) is 20.8. The molecule has 0 spiro atoms. The van der Waals surface area contributed by atoms with Crippen molar-refractivity contribution in [2.75, 3.05) is 0 Å². The van der Waals surface area contributed by atoms with Crippen molar-refractivity contribution in [3.05, 3.63) is 71.1 Å². The first kappa shape index (κ1) is 22.5. The topological polar surface area (TPSA) is 93.6 Å². The highest BCUT2D eigenvalue weighted by Gasteiger charge is 2.45. The fourth-order valence-electron chi connectivity index (χ4n) is 5.11. The summed E-state index contributed by atoms with van der Waals surface area (Å²) < 4.78 is 27.4. The minimum Gasteiger partial charge on any atom is -0.508 e. The molecule has 1 unspecified atom stereocenters. The van der Waals surface area contributed by atoms with Gasteiger partial charge in [0.05, 0.1) is 11.3 Å². The van der Waals surface area contributed by atoms with Crippen molar-refractivity contribution >= 4 is 28.4 Å². The van der Waals surface area contributed by atoms with Gasteiger partial charge in [0.1, 0.15) is 5.75 Å². The Balaban J connectivity index is 2.01. The molecule has 0 saturated heterocycles. The Hall–Kier alpha value is -3.68. The average molecular weight is 454 g/mol. The second-order valence-corrected chi connectivity index (χ2v) is 9.20. The molecule has 1 amide bonds. The molecular formula is C25H24F2N2O4. The summed E-state index contributed by atoms with van der Waals surface area (Å²) in [6, 6.07) is 7.06. The van der Waals surface area contributed by atoms with Gasteiger partial charge in [0, 0.05) is 34.1 Å². The number of phenols is 1. The quantitative estimate of drug-likeness (QED) is 0.517. The number of hydrogen-bond acceptors (Lipinski definition) is 3. The maximum absolute atomic E-state index is 13.9. The van der Waals surface area contributed by atoms with Gasteiger partial charge in [0.25, 0.3) is 5.91 Å². The molecule has 1 aliphatic rings. The number of nitrogens with one attached hydrogen (secondary N) is 1. The molecule has 1 aliphatic heterocycles. The normalized spacial score (nSPS) is 17.6. The number of halogens is 2. The van der Waals surface area contributed by atoms with Crippen LogP contribution in [-0.2, 0) is 10.2 Å². The number of carbonyl (C=O) groups excluding carboxylic acids is 1. The van der Waals surface area contributed by atoms with Gasteiger partial charge in [0.2, 0.25) is 0 Å². The van der Waals surface area contributed by atoms with Crippen molar-refractivity contribution in [2.24, 2.45) is 5.92 Å². The van der Waals surface area contributed by atoms with Crippen LogP contribution >= 0.6 is 0 Å². The van der Waals surface area contributed by atoms with E-state index in [1.807, 2.05) is 27.7 Å². The second-order valence-electron chi connectivity index (χ2n) is 9.20. The van der Waals surface area contributed by atoms with Crippen LogP contribution in [0.25, 0.3) is 16.5 Å². The molecule has 0 bridgehead atoms. The number of H-pyrrole nitrogens is 1. The van der Waals surface area contributed by atoms with Crippen LogP contribution in [0.15, 0.2) is 42.6 Å². The first-order valence-corrected chi connectivity index (χ1v) is 10.5. The number of carboxylic acids is 1. The van der Waals surface area contributed by atoms with Crippen molar-refractivity contribution in [3.8, 4) is 5.75 Å². The van der Waals surface area contributed by atoms with E-state index in [0.29, 0.717) is 22.2 Å². The van der Waals surface area contributed by atoms with Crippen LogP contribution in [0.3, 0.4) is 0 Å². The molecule has 0 radical (unpaired) electrons. The predicted octanol–water partition coefficient (Wildman–Crippen LogP) is 5.04. The number of fused-ring (bicyclic) bond motifs is 3. The van der Waals surface area contributed by atoms with E-state index in [2.05, 4.69) is 4.98 Å². The number of aromatic amines is 1. The number of carbonyl (C=O) groups is 2. The molecule has 0 fully saturated rings. The van der Waals surface area contributed by atoms with Crippen LogP contribution in [0, 0.1) is 17.6 Å².